The normalized spacial score (nSPS) is 13.0. The Kier molecular flexibility index (Phi) is 4.55. The number of fused-ring (bicyclic) bond motifs is 1. The Morgan fingerprint density at radius 3 is 2.71 bits per heavy atom. The number of ketones is 1. The first-order chi connectivity index (χ1) is 13.5. The van der Waals surface area contributed by atoms with Crippen LogP contribution in [0, 0.1) is 13.8 Å². The van der Waals surface area contributed by atoms with E-state index in [4.69, 9.17) is 9.47 Å². The number of rotatable bonds is 5. The van der Waals surface area contributed by atoms with Crippen LogP contribution in [-0.2, 0) is 0 Å². The van der Waals surface area contributed by atoms with E-state index in [1.807, 2.05) is 23.0 Å². The summed E-state index contributed by atoms with van der Waals surface area (Å²) in [4.78, 5) is 12.6. The van der Waals surface area contributed by atoms with Crippen molar-refractivity contribution in [1.29, 1.82) is 0 Å². The topological polar surface area (TPSA) is 58.3 Å². The second-order valence-electron chi connectivity index (χ2n) is 7.16. The minimum Gasteiger partial charge on any atom is -0.454 e. The van der Waals surface area contributed by atoms with Gasteiger partial charge in [0.1, 0.15) is 5.82 Å². The molecule has 0 bridgehead atoms. The predicted molar refractivity (Wildman–Crippen MR) is 107 cm³/mol. The molecule has 0 spiro atoms. The van der Waals surface area contributed by atoms with Crippen LogP contribution in [0.4, 0.5) is 0 Å². The summed E-state index contributed by atoms with van der Waals surface area (Å²) in [6, 6.07) is 9.59. The number of carbonyl (C=O) groups excluding carboxylic acids is 1. The average molecular weight is 377 g/mol. The molecule has 0 unspecified atom stereocenters. The van der Waals surface area contributed by atoms with Crippen LogP contribution in [0.2, 0.25) is 0 Å². The maximum atomic E-state index is 12.6. The van der Waals surface area contributed by atoms with Crippen LogP contribution in [0.5, 0.6) is 11.5 Å². The van der Waals surface area contributed by atoms with E-state index in [1.54, 1.807) is 24.3 Å². The van der Waals surface area contributed by atoms with Gasteiger partial charge in [-0.1, -0.05) is 0 Å². The molecule has 0 radical (unpaired) electrons. The van der Waals surface area contributed by atoms with Crippen molar-refractivity contribution in [3.8, 4) is 17.3 Å². The number of allylic oxidation sites excluding steroid dienone is 1. The van der Waals surface area contributed by atoms with E-state index in [9.17, 15) is 4.79 Å². The largest absolute Gasteiger partial charge is 0.454 e. The third-order valence-corrected chi connectivity index (χ3v) is 4.91. The molecule has 0 aliphatic carbocycles. The van der Waals surface area contributed by atoms with Gasteiger partial charge in [0.15, 0.2) is 17.3 Å². The van der Waals surface area contributed by atoms with Gasteiger partial charge >= 0.3 is 0 Å². The molecule has 3 heterocycles. The Morgan fingerprint density at radius 1 is 1.14 bits per heavy atom. The summed E-state index contributed by atoms with van der Waals surface area (Å²) >= 11 is 0. The Labute approximate surface area is 164 Å². The molecule has 2 aromatic heterocycles. The summed E-state index contributed by atoms with van der Waals surface area (Å²) in [5.41, 5.74) is 3.74. The molecule has 0 saturated carbocycles. The number of hydrogen-bond acceptors (Lipinski definition) is 4. The molecule has 6 heteroatoms. The van der Waals surface area contributed by atoms with Gasteiger partial charge < -0.3 is 14.0 Å². The molecular weight excluding hydrogens is 354 g/mol. The van der Waals surface area contributed by atoms with Gasteiger partial charge in [-0.15, -0.1) is 0 Å². The molecular formula is C22H23N3O3. The third-order valence-electron chi connectivity index (χ3n) is 4.91. The van der Waals surface area contributed by atoms with Crippen molar-refractivity contribution >= 4 is 11.9 Å². The molecule has 3 aromatic rings. The van der Waals surface area contributed by atoms with Crippen molar-refractivity contribution in [3.63, 3.8) is 0 Å². The standard InChI is InChI=1S/C22H23N3O3/c1-14(2)25-22(9-10-23-25)24-15(3)11-17(16(24)4)5-7-19(26)18-6-8-20-21(12-18)28-13-27-20/h5-12,14H,13H2,1-4H3/b7-5+. The summed E-state index contributed by atoms with van der Waals surface area (Å²) in [6.07, 6.45) is 5.28. The van der Waals surface area contributed by atoms with Gasteiger partial charge in [-0.2, -0.15) is 5.10 Å². The summed E-state index contributed by atoms with van der Waals surface area (Å²) in [7, 11) is 0. The number of ether oxygens (including phenoxy) is 2. The van der Waals surface area contributed by atoms with Gasteiger partial charge in [0.2, 0.25) is 6.79 Å². The number of hydrogen-bond donors (Lipinski definition) is 0. The molecule has 1 aliphatic heterocycles. The van der Waals surface area contributed by atoms with Crippen LogP contribution >= 0.6 is 0 Å². The van der Waals surface area contributed by atoms with E-state index in [2.05, 4.69) is 43.4 Å². The Morgan fingerprint density at radius 2 is 1.93 bits per heavy atom. The molecule has 4 rings (SSSR count). The van der Waals surface area contributed by atoms with Crippen molar-refractivity contribution in [2.75, 3.05) is 6.79 Å². The van der Waals surface area contributed by atoms with E-state index in [0.29, 0.717) is 17.1 Å². The number of benzene rings is 1. The number of aryl methyl sites for hydroxylation is 1. The highest BCUT2D eigenvalue weighted by atomic mass is 16.7. The van der Waals surface area contributed by atoms with Crippen LogP contribution in [0.3, 0.4) is 0 Å². The quantitative estimate of drug-likeness (QED) is 0.485. The highest BCUT2D eigenvalue weighted by molar-refractivity contribution is 6.07. The number of aromatic nitrogens is 3. The summed E-state index contributed by atoms with van der Waals surface area (Å²) < 4.78 is 14.8. The number of nitrogens with zero attached hydrogens (tertiary/aromatic N) is 3. The minimum absolute atomic E-state index is 0.0738. The fourth-order valence-corrected chi connectivity index (χ4v) is 3.50. The van der Waals surface area contributed by atoms with Gasteiger partial charge in [-0.05, 0) is 69.7 Å². The lowest BCUT2D eigenvalue weighted by molar-refractivity contribution is 0.104. The molecule has 6 nitrogen and oxygen atoms in total. The van der Waals surface area contributed by atoms with Gasteiger partial charge in [0.25, 0.3) is 0 Å². The first kappa shape index (κ1) is 18.1. The molecule has 1 aliphatic rings. The van der Waals surface area contributed by atoms with E-state index >= 15 is 0 Å². The molecule has 28 heavy (non-hydrogen) atoms. The van der Waals surface area contributed by atoms with Gasteiger partial charge in [-0.25, -0.2) is 4.68 Å². The van der Waals surface area contributed by atoms with E-state index in [0.717, 1.165) is 22.8 Å². The fourth-order valence-electron chi connectivity index (χ4n) is 3.50. The molecule has 0 amide bonds. The molecule has 1 aromatic carbocycles. The second kappa shape index (κ2) is 7.03. The maximum absolute atomic E-state index is 12.6. The zero-order valence-corrected chi connectivity index (χ0v) is 16.5. The highest BCUT2D eigenvalue weighted by Crippen LogP contribution is 2.32. The molecule has 0 saturated heterocycles. The maximum Gasteiger partial charge on any atom is 0.231 e. The number of carbonyl (C=O) groups is 1. The van der Waals surface area contributed by atoms with Crippen LogP contribution in [0.1, 0.15) is 47.2 Å². The Balaban J connectivity index is 1.62. The third kappa shape index (κ3) is 3.11. The molecule has 0 atom stereocenters. The molecule has 144 valence electrons. The highest BCUT2D eigenvalue weighted by Gasteiger charge is 2.16. The summed E-state index contributed by atoms with van der Waals surface area (Å²) in [6.45, 7) is 8.52. The van der Waals surface area contributed by atoms with Crippen LogP contribution in [0.15, 0.2) is 42.6 Å². The molecule has 0 fully saturated rings. The first-order valence-corrected chi connectivity index (χ1v) is 9.30. The summed E-state index contributed by atoms with van der Waals surface area (Å²) in [5, 5.41) is 4.43. The Bertz CT molecular complexity index is 1070. The lowest BCUT2D eigenvalue weighted by Crippen LogP contribution is -2.11. The van der Waals surface area contributed by atoms with E-state index in [1.165, 1.54) is 0 Å². The van der Waals surface area contributed by atoms with Crippen molar-refractivity contribution < 1.29 is 14.3 Å². The van der Waals surface area contributed by atoms with Gasteiger partial charge in [0, 0.05) is 29.1 Å². The SMILES string of the molecule is Cc1cc(/C=C/C(=O)c2ccc3c(c2)OCO3)c(C)n1-c1ccnn1C(C)C. The summed E-state index contributed by atoms with van der Waals surface area (Å²) in [5.74, 6) is 2.23. The average Bonchev–Trinajstić information content (AvgIpc) is 3.38. The van der Waals surface area contributed by atoms with Crippen LogP contribution in [0.25, 0.3) is 11.9 Å². The van der Waals surface area contributed by atoms with Gasteiger partial charge in [0.05, 0.1) is 6.20 Å². The van der Waals surface area contributed by atoms with E-state index in [-0.39, 0.29) is 18.6 Å². The zero-order chi connectivity index (χ0) is 19.8. The van der Waals surface area contributed by atoms with Gasteiger partial charge in [-0.3, -0.25) is 4.79 Å². The Hall–Kier alpha value is -3.28. The van der Waals surface area contributed by atoms with Crippen molar-refractivity contribution in [2.24, 2.45) is 0 Å². The lowest BCUT2D eigenvalue weighted by Gasteiger charge is -2.15. The van der Waals surface area contributed by atoms with Crippen LogP contribution < -0.4 is 9.47 Å². The minimum atomic E-state index is -0.0738. The zero-order valence-electron chi connectivity index (χ0n) is 16.5. The van der Waals surface area contributed by atoms with Crippen LogP contribution in [-0.4, -0.2) is 26.9 Å². The molecule has 0 N–H and O–H groups in total. The van der Waals surface area contributed by atoms with Crippen molar-refractivity contribution in [3.05, 3.63) is 65.1 Å². The lowest BCUT2D eigenvalue weighted by atomic mass is 10.1. The van der Waals surface area contributed by atoms with E-state index < -0.39 is 0 Å². The van der Waals surface area contributed by atoms with Crippen molar-refractivity contribution in [2.45, 2.75) is 33.7 Å². The first-order valence-electron chi connectivity index (χ1n) is 9.30. The second-order valence-corrected chi connectivity index (χ2v) is 7.16. The smallest absolute Gasteiger partial charge is 0.231 e. The monoisotopic (exact) mass is 377 g/mol. The van der Waals surface area contributed by atoms with Crippen molar-refractivity contribution in [1.82, 2.24) is 14.3 Å². The predicted octanol–water partition coefficient (Wildman–Crippen LogP) is 4.50. The fraction of sp³-hybridized carbons (Fsp3) is 0.273.